The van der Waals surface area contributed by atoms with E-state index in [1.807, 2.05) is 17.9 Å². The Morgan fingerprint density at radius 2 is 2.07 bits per heavy atom. The van der Waals surface area contributed by atoms with Crippen molar-refractivity contribution in [1.82, 2.24) is 9.97 Å². The molecule has 3 N–H and O–H groups in total. The van der Waals surface area contributed by atoms with Gasteiger partial charge < -0.3 is 19.1 Å². The molecule has 0 saturated carbocycles. The molecular weight excluding hydrogens is 375 g/mol. The van der Waals surface area contributed by atoms with Crippen LogP contribution in [-0.2, 0) is 9.30 Å². The van der Waals surface area contributed by atoms with Crippen LogP contribution in [0.5, 0.6) is 5.88 Å². The van der Waals surface area contributed by atoms with Gasteiger partial charge in [0, 0.05) is 31.7 Å². The molecular formula is C16H19N4O6P. The van der Waals surface area contributed by atoms with E-state index in [0.29, 0.717) is 42.5 Å². The van der Waals surface area contributed by atoms with Gasteiger partial charge in [-0.15, -0.1) is 0 Å². The molecule has 0 spiro atoms. The van der Waals surface area contributed by atoms with Crippen LogP contribution in [0.4, 0.5) is 5.69 Å². The minimum absolute atomic E-state index is 0.0724. The normalized spacial score (nSPS) is 16.9. The van der Waals surface area contributed by atoms with Crippen LogP contribution in [0.15, 0.2) is 17.1 Å². The molecule has 2 aromatic heterocycles. The van der Waals surface area contributed by atoms with Crippen molar-refractivity contribution in [3.05, 3.63) is 28.2 Å². The Labute approximate surface area is 154 Å². The second kappa shape index (κ2) is 6.94. The third-order valence-electron chi connectivity index (χ3n) is 4.80. The Balaban J connectivity index is 2.14. The molecule has 3 heterocycles. The van der Waals surface area contributed by atoms with E-state index in [1.165, 1.54) is 12.3 Å². The van der Waals surface area contributed by atoms with Crippen molar-refractivity contribution in [1.29, 1.82) is 5.26 Å². The molecule has 2 aromatic rings. The SMILES string of the molecule is COC1(C)CCN(c2c(C#N)c(=O)[nH]c3cnc(OP(=O)(O)O)cc23)CC1. The third-order valence-corrected chi connectivity index (χ3v) is 5.23. The van der Waals surface area contributed by atoms with E-state index in [-0.39, 0.29) is 17.0 Å². The number of pyridine rings is 2. The van der Waals surface area contributed by atoms with Crippen molar-refractivity contribution in [3.8, 4) is 11.9 Å². The zero-order chi connectivity index (χ0) is 19.8. The van der Waals surface area contributed by atoms with E-state index < -0.39 is 13.4 Å². The predicted molar refractivity (Wildman–Crippen MR) is 96.6 cm³/mol. The van der Waals surface area contributed by atoms with Crippen LogP contribution in [0, 0.1) is 11.3 Å². The van der Waals surface area contributed by atoms with Gasteiger partial charge in [-0.3, -0.25) is 14.6 Å². The Bertz CT molecular complexity index is 1020. The Morgan fingerprint density at radius 1 is 1.41 bits per heavy atom. The summed E-state index contributed by atoms with van der Waals surface area (Å²) in [5.41, 5.74) is -0.168. The molecule has 144 valence electrons. The summed E-state index contributed by atoms with van der Waals surface area (Å²) >= 11 is 0. The largest absolute Gasteiger partial charge is 0.526 e. The van der Waals surface area contributed by atoms with Crippen molar-refractivity contribution in [2.24, 2.45) is 0 Å². The molecule has 0 amide bonds. The van der Waals surface area contributed by atoms with Gasteiger partial charge in [0.15, 0.2) is 0 Å². The van der Waals surface area contributed by atoms with Gasteiger partial charge in [-0.2, -0.15) is 5.26 Å². The topological polar surface area (TPSA) is 149 Å². The molecule has 1 aliphatic rings. The number of nitrogens with zero attached hydrogens (tertiary/aromatic N) is 3. The number of fused-ring (bicyclic) bond motifs is 1. The molecule has 1 aliphatic heterocycles. The fourth-order valence-corrected chi connectivity index (χ4v) is 3.51. The fraction of sp³-hybridized carbons (Fsp3) is 0.438. The van der Waals surface area contributed by atoms with Gasteiger partial charge in [0.25, 0.3) is 5.56 Å². The summed E-state index contributed by atoms with van der Waals surface area (Å²) in [5.74, 6) is -0.299. The first-order valence-corrected chi connectivity index (χ1v) is 9.70. The molecule has 0 radical (unpaired) electrons. The molecule has 0 atom stereocenters. The van der Waals surface area contributed by atoms with E-state index in [0.717, 1.165) is 0 Å². The van der Waals surface area contributed by atoms with Crippen LogP contribution in [0.25, 0.3) is 10.9 Å². The molecule has 27 heavy (non-hydrogen) atoms. The predicted octanol–water partition coefficient (Wildman–Crippen LogP) is 1.27. The summed E-state index contributed by atoms with van der Waals surface area (Å²) in [4.78, 5) is 38.6. The van der Waals surface area contributed by atoms with Gasteiger partial charge in [-0.25, -0.2) is 9.55 Å². The number of rotatable bonds is 4. The van der Waals surface area contributed by atoms with Crippen LogP contribution in [0.2, 0.25) is 0 Å². The van der Waals surface area contributed by atoms with Crippen molar-refractivity contribution in [2.75, 3.05) is 25.1 Å². The van der Waals surface area contributed by atoms with E-state index in [1.54, 1.807) is 7.11 Å². The number of aromatic nitrogens is 2. The van der Waals surface area contributed by atoms with Gasteiger partial charge >= 0.3 is 7.82 Å². The first kappa shape index (κ1) is 19.3. The molecule has 1 fully saturated rings. The standard InChI is InChI=1S/C16H19N4O6P/c1-16(25-2)3-5-20(6-4-16)14-10-7-13(26-27(22,23)24)18-9-12(10)19-15(21)11(14)8-17/h7,9H,3-6H2,1-2H3,(H,19,21)(H2,22,23,24). The number of phosphoric acid groups is 1. The number of nitriles is 1. The lowest BCUT2D eigenvalue weighted by Crippen LogP contribution is -2.44. The lowest BCUT2D eigenvalue weighted by Gasteiger charge is -2.40. The number of nitrogens with one attached hydrogen (secondary N) is 1. The highest BCUT2D eigenvalue weighted by molar-refractivity contribution is 7.46. The second-order valence-electron chi connectivity index (χ2n) is 6.58. The lowest BCUT2D eigenvalue weighted by atomic mass is 9.92. The third kappa shape index (κ3) is 3.96. The minimum atomic E-state index is -4.79. The fourth-order valence-electron chi connectivity index (χ4n) is 3.17. The highest BCUT2D eigenvalue weighted by Crippen LogP contribution is 2.39. The van der Waals surface area contributed by atoms with E-state index >= 15 is 0 Å². The number of ether oxygens (including phenoxy) is 1. The number of phosphoric ester groups is 1. The summed E-state index contributed by atoms with van der Waals surface area (Å²) in [6.45, 7) is 3.10. The number of piperidine rings is 1. The van der Waals surface area contributed by atoms with Gasteiger partial charge in [0.2, 0.25) is 5.88 Å². The van der Waals surface area contributed by atoms with Gasteiger partial charge in [-0.1, -0.05) is 0 Å². The zero-order valence-corrected chi connectivity index (χ0v) is 15.7. The molecule has 1 saturated heterocycles. The summed E-state index contributed by atoms with van der Waals surface area (Å²) in [7, 11) is -3.14. The quantitative estimate of drug-likeness (QED) is 0.652. The average Bonchev–Trinajstić information content (AvgIpc) is 2.60. The summed E-state index contributed by atoms with van der Waals surface area (Å²) < 4.78 is 21.2. The van der Waals surface area contributed by atoms with E-state index in [9.17, 15) is 14.6 Å². The van der Waals surface area contributed by atoms with Crippen LogP contribution < -0.4 is 15.0 Å². The van der Waals surface area contributed by atoms with Crippen molar-refractivity contribution in [2.45, 2.75) is 25.4 Å². The molecule has 0 aromatic carbocycles. The average molecular weight is 394 g/mol. The molecule has 11 heteroatoms. The van der Waals surface area contributed by atoms with E-state index in [4.69, 9.17) is 14.5 Å². The highest BCUT2D eigenvalue weighted by Gasteiger charge is 2.32. The minimum Gasteiger partial charge on any atom is -0.386 e. The van der Waals surface area contributed by atoms with Gasteiger partial charge in [0.1, 0.15) is 11.6 Å². The monoisotopic (exact) mass is 394 g/mol. The number of hydrogen-bond acceptors (Lipinski definition) is 7. The van der Waals surface area contributed by atoms with Crippen LogP contribution in [-0.4, -0.2) is 45.6 Å². The number of methoxy groups -OCH3 is 1. The number of hydrogen-bond donors (Lipinski definition) is 3. The van der Waals surface area contributed by atoms with Crippen LogP contribution in [0.1, 0.15) is 25.3 Å². The smallest absolute Gasteiger partial charge is 0.386 e. The molecule has 0 bridgehead atoms. The molecule has 0 aliphatic carbocycles. The maximum atomic E-state index is 12.3. The maximum absolute atomic E-state index is 12.3. The first-order chi connectivity index (χ1) is 12.7. The maximum Gasteiger partial charge on any atom is 0.526 e. The number of H-pyrrole nitrogens is 1. The van der Waals surface area contributed by atoms with E-state index in [2.05, 4.69) is 14.5 Å². The molecule has 3 rings (SSSR count). The zero-order valence-electron chi connectivity index (χ0n) is 14.8. The number of anilines is 1. The Hall–Kier alpha value is -2.44. The lowest BCUT2D eigenvalue weighted by molar-refractivity contribution is -0.0132. The van der Waals surface area contributed by atoms with Crippen molar-refractivity contribution >= 4 is 24.4 Å². The second-order valence-corrected chi connectivity index (χ2v) is 7.74. The van der Waals surface area contributed by atoms with Gasteiger partial charge in [0.05, 0.1) is 23.0 Å². The van der Waals surface area contributed by atoms with Crippen LogP contribution in [0.3, 0.4) is 0 Å². The van der Waals surface area contributed by atoms with Gasteiger partial charge in [-0.05, 0) is 19.8 Å². The highest BCUT2D eigenvalue weighted by atomic mass is 31.2. The summed E-state index contributed by atoms with van der Waals surface area (Å²) in [5, 5.41) is 9.92. The summed E-state index contributed by atoms with van der Waals surface area (Å²) in [6, 6.07) is 3.23. The van der Waals surface area contributed by atoms with Crippen molar-refractivity contribution in [3.63, 3.8) is 0 Å². The molecule has 10 nitrogen and oxygen atoms in total. The first-order valence-electron chi connectivity index (χ1n) is 8.17. The molecule has 0 unspecified atom stereocenters. The Kier molecular flexibility index (Phi) is 4.97. The van der Waals surface area contributed by atoms with Crippen LogP contribution >= 0.6 is 7.82 Å². The summed E-state index contributed by atoms with van der Waals surface area (Å²) in [6.07, 6.45) is 2.63. The Morgan fingerprint density at radius 3 is 2.63 bits per heavy atom. The number of aromatic amines is 1. The van der Waals surface area contributed by atoms with Crippen molar-refractivity contribution < 1.29 is 23.6 Å².